The lowest BCUT2D eigenvalue weighted by Crippen LogP contribution is -2.10. The van der Waals surface area contributed by atoms with Crippen LogP contribution in [0.15, 0.2) is 0 Å². The van der Waals surface area contributed by atoms with Crippen molar-refractivity contribution in [2.45, 2.75) is 40.5 Å². The third kappa shape index (κ3) is 1.21. The zero-order chi connectivity index (χ0) is 7.72. The molecule has 1 aliphatic carbocycles. The van der Waals surface area contributed by atoms with E-state index in [9.17, 15) is 0 Å². The van der Waals surface area contributed by atoms with E-state index in [1.165, 1.54) is 12.8 Å². The normalized spacial score (nSPS) is 48.0. The van der Waals surface area contributed by atoms with E-state index in [2.05, 4.69) is 27.7 Å². The summed E-state index contributed by atoms with van der Waals surface area (Å²) < 4.78 is 0. The molecule has 1 saturated carbocycles. The standard InChI is InChI=1S/C10H20/c1-5-10-8(3)6-7(2)9(10)4/h7-10H,5-6H2,1-4H3/t7?,8?,9-,10?/m0/s1. The second-order valence-electron chi connectivity index (χ2n) is 4.12. The van der Waals surface area contributed by atoms with Crippen LogP contribution < -0.4 is 0 Å². The van der Waals surface area contributed by atoms with Gasteiger partial charge < -0.3 is 0 Å². The summed E-state index contributed by atoms with van der Waals surface area (Å²) in [6, 6.07) is 0. The van der Waals surface area contributed by atoms with Gasteiger partial charge in [-0.25, -0.2) is 0 Å². The first kappa shape index (κ1) is 8.10. The molecular formula is C10H20. The molecule has 0 radical (unpaired) electrons. The van der Waals surface area contributed by atoms with Crippen molar-refractivity contribution in [3.63, 3.8) is 0 Å². The van der Waals surface area contributed by atoms with Gasteiger partial charge in [0.1, 0.15) is 0 Å². The topological polar surface area (TPSA) is 0 Å². The van der Waals surface area contributed by atoms with Gasteiger partial charge in [-0.05, 0) is 30.1 Å². The fraction of sp³-hybridized carbons (Fsp3) is 1.00. The first-order chi connectivity index (χ1) is 4.66. The highest BCUT2D eigenvalue weighted by molar-refractivity contribution is 4.83. The average Bonchev–Trinajstić information content (AvgIpc) is 2.09. The zero-order valence-corrected chi connectivity index (χ0v) is 7.72. The van der Waals surface area contributed by atoms with Crippen molar-refractivity contribution in [1.82, 2.24) is 0 Å². The molecule has 0 nitrogen and oxygen atoms in total. The van der Waals surface area contributed by atoms with E-state index in [1.807, 2.05) is 0 Å². The molecule has 0 bridgehead atoms. The number of rotatable bonds is 1. The minimum absolute atomic E-state index is 0.972. The van der Waals surface area contributed by atoms with E-state index in [-0.39, 0.29) is 0 Å². The molecule has 0 aliphatic heterocycles. The SMILES string of the molecule is CCC1C(C)CC(C)[C@@H]1C. The van der Waals surface area contributed by atoms with Crippen LogP contribution in [0.1, 0.15) is 40.5 Å². The third-order valence-corrected chi connectivity index (χ3v) is 3.52. The Bertz CT molecular complexity index is 107. The molecule has 1 rings (SSSR count). The summed E-state index contributed by atoms with van der Waals surface area (Å²) in [7, 11) is 0. The maximum Gasteiger partial charge on any atom is -0.0363 e. The average molecular weight is 140 g/mol. The molecule has 10 heavy (non-hydrogen) atoms. The Morgan fingerprint density at radius 2 is 1.70 bits per heavy atom. The summed E-state index contributed by atoms with van der Waals surface area (Å²) in [4.78, 5) is 0. The Kier molecular flexibility index (Phi) is 2.38. The lowest BCUT2D eigenvalue weighted by molar-refractivity contribution is 0.314. The number of hydrogen-bond acceptors (Lipinski definition) is 0. The van der Waals surface area contributed by atoms with E-state index in [4.69, 9.17) is 0 Å². The molecule has 0 aromatic rings. The van der Waals surface area contributed by atoms with Gasteiger partial charge in [0.2, 0.25) is 0 Å². The van der Waals surface area contributed by atoms with Crippen molar-refractivity contribution in [1.29, 1.82) is 0 Å². The van der Waals surface area contributed by atoms with E-state index >= 15 is 0 Å². The van der Waals surface area contributed by atoms with Crippen LogP contribution in [-0.4, -0.2) is 0 Å². The van der Waals surface area contributed by atoms with Gasteiger partial charge in [0.05, 0.1) is 0 Å². The minimum Gasteiger partial charge on any atom is -0.0651 e. The highest BCUT2D eigenvalue weighted by atomic mass is 14.4. The molecule has 1 fully saturated rings. The molecule has 0 N–H and O–H groups in total. The predicted molar refractivity (Wildman–Crippen MR) is 45.9 cm³/mol. The van der Waals surface area contributed by atoms with Crippen LogP contribution in [0.4, 0.5) is 0 Å². The summed E-state index contributed by atoms with van der Waals surface area (Å²) >= 11 is 0. The molecule has 0 saturated heterocycles. The highest BCUT2D eigenvalue weighted by Crippen LogP contribution is 2.42. The summed E-state index contributed by atoms with van der Waals surface area (Å²) in [6.07, 6.45) is 2.84. The smallest absolute Gasteiger partial charge is 0.0363 e. The lowest BCUT2D eigenvalue weighted by atomic mass is 9.88. The third-order valence-electron chi connectivity index (χ3n) is 3.52. The first-order valence-electron chi connectivity index (χ1n) is 4.66. The van der Waals surface area contributed by atoms with Gasteiger partial charge in [0.15, 0.2) is 0 Å². The molecule has 60 valence electrons. The molecule has 0 amide bonds. The fourth-order valence-corrected chi connectivity index (χ4v) is 2.69. The van der Waals surface area contributed by atoms with E-state index in [0.717, 1.165) is 23.7 Å². The van der Waals surface area contributed by atoms with Crippen molar-refractivity contribution in [2.24, 2.45) is 23.7 Å². The van der Waals surface area contributed by atoms with Crippen LogP contribution >= 0.6 is 0 Å². The van der Waals surface area contributed by atoms with Crippen LogP contribution in [0.25, 0.3) is 0 Å². The maximum atomic E-state index is 2.42. The van der Waals surface area contributed by atoms with E-state index in [1.54, 1.807) is 0 Å². The van der Waals surface area contributed by atoms with Crippen molar-refractivity contribution < 1.29 is 0 Å². The Hall–Kier alpha value is 0. The van der Waals surface area contributed by atoms with Crippen molar-refractivity contribution in [3.8, 4) is 0 Å². The number of hydrogen-bond donors (Lipinski definition) is 0. The Morgan fingerprint density at radius 3 is 1.90 bits per heavy atom. The lowest BCUT2D eigenvalue weighted by Gasteiger charge is -2.18. The second kappa shape index (κ2) is 2.94. The molecule has 3 unspecified atom stereocenters. The molecule has 0 heterocycles. The zero-order valence-electron chi connectivity index (χ0n) is 7.72. The van der Waals surface area contributed by atoms with Gasteiger partial charge in [-0.3, -0.25) is 0 Å². The van der Waals surface area contributed by atoms with Crippen LogP contribution in [0, 0.1) is 23.7 Å². The molecule has 1 aliphatic rings. The van der Waals surface area contributed by atoms with E-state index in [0.29, 0.717) is 0 Å². The van der Waals surface area contributed by atoms with Crippen LogP contribution in [0.2, 0.25) is 0 Å². The Morgan fingerprint density at radius 1 is 1.10 bits per heavy atom. The van der Waals surface area contributed by atoms with Crippen molar-refractivity contribution >= 4 is 0 Å². The molecular weight excluding hydrogens is 120 g/mol. The van der Waals surface area contributed by atoms with Gasteiger partial charge in [0, 0.05) is 0 Å². The van der Waals surface area contributed by atoms with Gasteiger partial charge in [0.25, 0.3) is 0 Å². The fourth-order valence-electron chi connectivity index (χ4n) is 2.69. The summed E-state index contributed by atoms with van der Waals surface area (Å²) in [6.45, 7) is 9.56. The molecule has 0 aromatic heterocycles. The largest absolute Gasteiger partial charge is 0.0651 e. The Labute approximate surface area is 65.0 Å². The van der Waals surface area contributed by atoms with Gasteiger partial charge >= 0.3 is 0 Å². The van der Waals surface area contributed by atoms with Crippen LogP contribution in [0.5, 0.6) is 0 Å². The van der Waals surface area contributed by atoms with Crippen LogP contribution in [-0.2, 0) is 0 Å². The van der Waals surface area contributed by atoms with Crippen molar-refractivity contribution in [3.05, 3.63) is 0 Å². The molecule has 0 spiro atoms. The quantitative estimate of drug-likeness (QED) is 0.524. The Balaban J connectivity index is 2.55. The minimum atomic E-state index is 0.972. The monoisotopic (exact) mass is 140 g/mol. The van der Waals surface area contributed by atoms with E-state index < -0.39 is 0 Å². The predicted octanol–water partition coefficient (Wildman–Crippen LogP) is 3.32. The van der Waals surface area contributed by atoms with Crippen LogP contribution in [0.3, 0.4) is 0 Å². The van der Waals surface area contributed by atoms with Gasteiger partial charge in [-0.15, -0.1) is 0 Å². The molecule has 4 atom stereocenters. The summed E-state index contributed by atoms with van der Waals surface area (Å²) in [5, 5.41) is 0. The van der Waals surface area contributed by atoms with Gasteiger partial charge in [-0.1, -0.05) is 34.1 Å². The first-order valence-corrected chi connectivity index (χ1v) is 4.66. The highest BCUT2D eigenvalue weighted by Gasteiger charge is 2.33. The summed E-state index contributed by atoms with van der Waals surface area (Å²) in [5.74, 6) is 3.94. The summed E-state index contributed by atoms with van der Waals surface area (Å²) in [5.41, 5.74) is 0. The molecule has 0 aromatic carbocycles. The molecule has 0 heteroatoms. The van der Waals surface area contributed by atoms with Crippen molar-refractivity contribution in [2.75, 3.05) is 0 Å². The second-order valence-corrected chi connectivity index (χ2v) is 4.12. The van der Waals surface area contributed by atoms with Gasteiger partial charge in [-0.2, -0.15) is 0 Å². The maximum absolute atomic E-state index is 2.42.